The molecule has 116 valence electrons. The molecule has 2 saturated carbocycles. The molecule has 0 aromatic heterocycles. The quantitative estimate of drug-likeness (QED) is 0.842. The Balaban J connectivity index is 1.45. The number of hydrogen-bond acceptors (Lipinski definition) is 2. The molecule has 3 rings (SSSR count). The zero-order chi connectivity index (χ0) is 14.7. The normalized spacial score (nSPS) is 26.0. The van der Waals surface area contributed by atoms with E-state index in [0.29, 0.717) is 6.04 Å². The molecule has 0 amide bonds. The Morgan fingerprint density at radius 3 is 2.48 bits per heavy atom. The summed E-state index contributed by atoms with van der Waals surface area (Å²) in [5, 5.41) is 3.62. The van der Waals surface area contributed by atoms with Gasteiger partial charge in [-0.05, 0) is 55.2 Å². The van der Waals surface area contributed by atoms with Crippen molar-refractivity contribution in [3.05, 3.63) is 29.8 Å². The Morgan fingerprint density at radius 1 is 1.05 bits per heavy atom. The van der Waals surface area contributed by atoms with Gasteiger partial charge >= 0.3 is 6.61 Å². The first-order valence-electron chi connectivity index (χ1n) is 7.98. The third kappa shape index (κ3) is 4.40. The van der Waals surface area contributed by atoms with E-state index in [9.17, 15) is 8.78 Å². The molecule has 2 aliphatic carbocycles. The molecule has 2 atom stereocenters. The Labute approximate surface area is 124 Å². The van der Waals surface area contributed by atoms with Crippen LogP contribution in [0.2, 0.25) is 0 Å². The second kappa shape index (κ2) is 6.73. The summed E-state index contributed by atoms with van der Waals surface area (Å²) in [7, 11) is 0. The molecule has 2 fully saturated rings. The van der Waals surface area contributed by atoms with Gasteiger partial charge in [0.25, 0.3) is 0 Å². The zero-order valence-corrected chi connectivity index (χ0v) is 12.2. The topological polar surface area (TPSA) is 21.3 Å². The fourth-order valence-corrected chi connectivity index (χ4v) is 3.46. The standard InChI is InChI=1S/C17H23F2NO/c18-17(19)21-16-8-4-12(5-9-16)11-20-15-3-1-2-14(10-15)13-6-7-13/h4-5,8-9,13-15,17,20H,1-3,6-7,10-11H2. The van der Waals surface area contributed by atoms with Gasteiger partial charge in [0, 0.05) is 12.6 Å². The molecule has 0 spiro atoms. The second-order valence-corrected chi connectivity index (χ2v) is 6.36. The van der Waals surface area contributed by atoms with Crippen LogP contribution in [0, 0.1) is 11.8 Å². The van der Waals surface area contributed by atoms with Gasteiger partial charge in [-0.1, -0.05) is 25.0 Å². The molecule has 0 heterocycles. The number of benzene rings is 1. The molecule has 2 unspecified atom stereocenters. The maximum absolute atomic E-state index is 12.1. The van der Waals surface area contributed by atoms with Gasteiger partial charge in [0.1, 0.15) is 5.75 Å². The number of nitrogens with one attached hydrogen (secondary N) is 1. The van der Waals surface area contributed by atoms with Crippen LogP contribution >= 0.6 is 0 Å². The van der Waals surface area contributed by atoms with Gasteiger partial charge < -0.3 is 10.1 Å². The summed E-state index contributed by atoms with van der Waals surface area (Å²) in [6.07, 6.45) is 8.17. The first kappa shape index (κ1) is 14.8. The predicted molar refractivity (Wildman–Crippen MR) is 78.4 cm³/mol. The highest BCUT2D eigenvalue weighted by Crippen LogP contribution is 2.43. The SMILES string of the molecule is FC(F)Oc1ccc(CNC2CCCC(C3CC3)C2)cc1. The Bertz CT molecular complexity index is 445. The minimum absolute atomic E-state index is 0.222. The van der Waals surface area contributed by atoms with E-state index in [2.05, 4.69) is 10.1 Å². The van der Waals surface area contributed by atoms with Crippen molar-refractivity contribution in [3.8, 4) is 5.75 Å². The van der Waals surface area contributed by atoms with Gasteiger partial charge in [-0.2, -0.15) is 8.78 Å². The van der Waals surface area contributed by atoms with Crippen molar-refractivity contribution in [2.45, 2.75) is 57.7 Å². The lowest BCUT2D eigenvalue weighted by molar-refractivity contribution is -0.0498. The molecule has 0 aliphatic heterocycles. The molecule has 0 bridgehead atoms. The van der Waals surface area contributed by atoms with Gasteiger partial charge in [-0.15, -0.1) is 0 Å². The van der Waals surface area contributed by atoms with Crippen molar-refractivity contribution >= 4 is 0 Å². The van der Waals surface area contributed by atoms with E-state index in [4.69, 9.17) is 0 Å². The molecule has 2 aliphatic rings. The fraction of sp³-hybridized carbons (Fsp3) is 0.647. The maximum Gasteiger partial charge on any atom is 0.387 e. The first-order valence-corrected chi connectivity index (χ1v) is 7.98. The number of ether oxygens (including phenoxy) is 1. The van der Waals surface area contributed by atoms with Gasteiger partial charge in [-0.3, -0.25) is 0 Å². The summed E-state index contributed by atoms with van der Waals surface area (Å²) < 4.78 is 28.5. The predicted octanol–water partition coefficient (Wildman–Crippen LogP) is 4.35. The molecular weight excluding hydrogens is 272 g/mol. The van der Waals surface area contributed by atoms with E-state index >= 15 is 0 Å². The van der Waals surface area contributed by atoms with Crippen LogP contribution in [0.15, 0.2) is 24.3 Å². The smallest absolute Gasteiger partial charge is 0.387 e. The van der Waals surface area contributed by atoms with Gasteiger partial charge in [-0.25, -0.2) is 0 Å². The summed E-state index contributed by atoms with van der Waals surface area (Å²) in [6.45, 7) is -1.95. The molecule has 2 nitrogen and oxygen atoms in total. The lowest BCUT2D eigenvalue weighted by Gasteiger charge is -2.30. The molecule has 0 saturated heterocycles. The third-order valence-corrected chi connectivity index (χ3v) is 4.75. The van der Waals surface area contributed by atoms with Crippen LogP contribution in [0.25, 0.3) is 0 Å². The van der Waals surface area contributed by atoms with Crippen molar-refractivity contribution in [2.24, 2.45) is 11.8 Å². The van der Waals surface area contributed by atoms with E-state index in [1.165, 1.54) is 38.5 Å². The Kier molecular flexibility index (Phi) is 4.73. The van der Waals surface area contributed by atoms with Gasteiger partial charge in [0.15, 0.2) is 0 Å². The van der Waals surface area contributed by atoms with Crippen LogP contribution in [0.5, 0.6) is 5.75 Å². The Hall–Kier alpha value is -1.16. The summed E-state index contributed by atoms with van der Waals surface area (Å²) in [4.78, 5) is 0. The highest BCUT2D eigenvalue weighted by molar-refractivity contribution is 5.27. The maximum atomic E-state index is 12.1. The molecule has 0 radical (unpaired) electrons. The molecule has 21 heavy (non-hydrogen) atoms. The molecule has 1 N–H and O–H groups in total. The fourth-order valence-electron chi connectivity index (χ4n) is 3.46. The monoisotopic (exact) mass is 295 g/mol. The van der Waals surface area contributed by atoms with Crippen LogP contribution in [-0.4, -0.2) is 12.7 Å². The average molecular weight is 295 g/mol. The molecule has 1 aromatic carbocycles. The molecule has 4 heteroatoms. The van der Waals surface area contributed by atoms with Crippen molar-refractivity contribution in [1.29, 1.82) is 0 Å². The number of halogens is 2. The molecular formula is C17H23F2NO. The summed E-state index contributed by atoms with van der Waals surface area (Å²) in [6, 6.07) is 7.53. The minimum atomic E-state index is -2.75. The second-order valence-electron chi connectivity index (χ2n) is 6.36. The van der Waals surface area contributed by atoms with E-state index in [-0.39, 0.29) is 5.75 Å². The van der Waals surface area contributed by atoms with Crippen molar-refractivity contribution in [2.75, 3.05) is 0 Å². The first-order chi connectivity index (χ1) is 10.2. The highest BCUT2D eigenvalue weighted by Gasteiger charge is 2.34. The summed E-state index contributed by atoms with van der Waals surface area (Å²) >= 11 is 0. The van der Waals surface area contributed by atoms with Crippen molar-refractivity contribution in [3.63, 3.8) is 0 Å². The lowest BCUT2D eigenvalue weighted by Crippen LogP contribution is -2.34. The summed E-state index contributed by atoms with van der Waals surface area (Å²) in [5.74, 6) is 2.15. The highest BCUT2D eigenvalue weighted by atomic mass is 19.3. The van der Waals surface area contributed by atoms with Crippen LogP contribution in [-0.2, 0) is 6.54 Å². The number of hydrogen-bond donors (Lipinski definition) is 1. The van der Waals surface area contributed by atoms with Gasteiger partial charge in [0.05, 0.1) is 0 Å². The van der Waals surface area contributed by atoms with E-state index in [1.54, 1.807) is 12.1 Å². The zero-order valence-electron chi connectivity index (χ0n) is 12.2. The van der Waals surface area contributed by atoms with E-state index in [1.807, 2.05) is 12.1 Å². The molecule has 1 aromatic rings. The van der Waals surface area contributed by atoms with Crippen molar-refractivity contribution in [1.82, 2.24) is 5.32 Å². The van der Waals surface area contributed by atoms with Crippen LogP contribution < -0.4 is 10.1 Å². The Morgan fingerprint density at radius 2 is 1.81 bits per heavy atom. The summed E-state index contributed by atoms with van der Waals surface area (Å²) in [5.41, 5.74) is 1.12. The minimum Gasteiger partial charge on any atom is -0.435 e. The third-order valence-electron chi connectivity index (χ3n) is 4.75. The van der Waals surface area contributed by atoms with Crippen LogP contribution in [0.3, 0.4) is 0 Å². The van der Waals surface area contributed by atoms with Crippen LogP contribution in [0.4, 0.5) is 8.78 Å². The van der Waals surface area contributed by atoms with Gasteiger partial charge in [0.2, 0.25) is 0 Å². The largest absolute Gasteiger partial charge is 0.435 e. The number of alkyl halides is 2. The van der Waals surface area contributed by atoms with E-state index in [0.717, 1.165) is 23.9 Å². The lowest BCUT2D eigenvalue weighted by atomic mass is 9.82. The average Bonchev–Trinajstić information content (AvgIpc) is 3.31. The van der Waals surface area contributed by atoms with Crippen molar-refractivity contribution < 1.29 is 13.5 Å². The van der Waals surface area contributed by atoms with Crippen LogP contribution in [0.1, 0.15) is 44.1 Å². The van der Waals surface area contributed by atoms with E-state index < -0.39 is 6.61 Å². The number of rotatable bonds is 6.